The predicted molar refractivity (Wildman–Crippen MR) is 302 cm³/mol. The van der Waals surface area contributed by atoms with Gasteiger partial charge in [0.1, 0.15) is 22.3 Å². The van der Waals surface area contributed by atoms with Crippen LogP contribution in [-0.2, 0) is 0 Å². The second-order valence-corrected chi connectivity index (χ2v) is 18.5. The summed E-state index contributed by atoms with van der Waals surface area (Å²) >= 11 is 0. The average molecular weight is 921 g/mol. The second-order valence-electron chi connectivity index (χ2n) is 18.5. The third-order valence-electron chi connectivity index (χ3n) is 14.2. The molecule has 0 aliphatic heterocycles. The van der Waals surface area contributed by atoms with Gasteiger partial charge in [0.05, 0.1) is 0 Å². The molecule has 0 N–H and O–H groups in total. The van der Waals surface area contributed by atoms with Crippen molar-refractivity contribution in [2.75, 3.05) is 9.80 Å². The lowest BCUT2D eigenvalue weighted by molar-refractivity contribution is 0.668. The molecule has 0 spiro atoms. The SMILES string of the molecule is c1ccc(-c2ccc(N(c3ccc(-c4ccccc4)cc3)c3cc(-c4cc5ccccc5c5ccccc45)cc(N(c4ccc5c(c4)oc4ccccc45)c4ccc5oc6ccccc6c5c4)c3)cc2)cc1. The van der Waals surface area contributed by atoms with Gasteiger partial charge >= 0.3 is 0 Å². The van der Waals surface area contributed by atoms with E-state index in [2.05, 4.69) is 252 Å². The molecule has 14 aromatic rings. The van der Waals surface area contributed by atoms with Crippen molar-refractivity contribution >= 4 is 99.5 Å². The summed E-state index contributed by atoms with van der Waals surface area (Å²) in [6, 6.07) is 95.8. The van der Waals surface area contributed by atoms with Gasteiger partial charge in [-0.2, -0.15) is 0 Å². The van der Waals surface area contributed by atoms with Crippen LogP contribution in [0.5, 0.6) is 0 Å². The van der Waals surface area contributed by atoms with Gasteiger partial charge in [-0.05, 0) is 146 Å². The number of hydrogen-bond acceptors (Lipinski definition) is 4. The molecule has 14 rings (SSSR count). The fraction of sp³-hybridized carbons (Fsp3) is 0. The van der Waals surface area contributed by atoms with E-state index >= 15 is 0 Å². The van der Waals surface area contributed by atoms with Gasteiger partial charge in [-0.15, -0.1) is 0 Å². The van der Waals surface area contributed by atoms with E-state index in [9.17, 15) is 0 Å². The number of anilines is 6. The lowest BCUT2D eigenvalue weighted by Gasteiger charge is -2.30. The third-order valence-corrected chi connectivity index (χ3v) is 14.2. The first-order valence-corrected chi connectivity index (χ1v) is 24.5. The highest BCUT2D eigenvalue weighted by molar-refractivity contribution is 6.14. The van der Waals surface area contributed by atoms with E-state index in [4.69, 9.17) is 8.83 Å². The summed E-state index contributed by atoms with van der Waals surface area (Å²) in [7, 11) is 0. The van der Waals surface area contributed by atoms with Crippen molar-refractivity contribution in [3.63, 3.8) is 0 Å². The van der Waals surface area contributed by atoms with Crippen molar-refractivity contribution in [1.29, 1.82) is 0 Å². The summed E-state index contributed by atoms with van der Waals surface area (Å²) in [4.78, 5) is 4.77. The van der Waals surface area contributed by atoms with Crippen molar-refractivity contribution in [3.05, 3.63) is 267 Å². The molecule has 0 atom stereocenters. The molecule has 2 aromatic heterocycles. The predicted octanol–water partition coefficient (Wildman–Crippen LogP) is 19.7. The normalized spacial score (nSPS) is 11.6. The number of rotatable bonds is 9. The standard InChI is InChI=1S/C68H44N2O2/c1-3-15-45(16-4-1)47-27-31-51(32-28-47)69(52-33-29-48(30-34-52)46-17-5-2-6-18-46)55-39-50(63-41-49-19-7-8-20-57(49)58-21-9-10-22-59(58)63)40-56(42-55)70(53-36-38-67-64(43-53)61-24-12-14-26-66(61)71-67)54-35-37-62-60-23-11-13-25-65(60)72-68(62)44-54/h1-44H. The van der Waals surface area contributed by atoms with Crippen LogP contribution in [0.4, 0.5) is 34.1 Å². The zero-order chi connectivity index (χ0) is 47.5. The number of fused-ring (bicyclic) bond motifs is 9. The van der Waals surface area contributed by atoms with Crippen molar-refractivity contribution in [2.45, 2.75) is 0 Å². The summed E-state index contributed by atoms with van der Waals surface area (Å²) in [5, 5.41) is 9.11. The van der Waals surface area contributed by atoms with E-state index in [0.29, 0.717) is 0 Å². The van der Waals surface area contributed by atoms with Crippen LogP contribution < -0.4 is 9.80 Å². The van der Waals surface area contributed by atoms with Crippen molar-refractivity contribution < 1.29 is 8.83 Å². The Labute approximate surface area is 416 Å². The molecule has 4 heteroatoms. The largest absolute Gasteiger partial charge is 0.456 e. The molecule has 0 aliphatic rings. The molecular formula is C68H44N2O2. The van der Waals surface area contributed by atoms with Crippen LogP contribution in [0.1, 0.15) is 0 Å². The van der Waals surface area contributed by atoms with Crippen LogP contribution in [0, 0.1) is 0 Å². The molecule has 0 fully saturated rings. The minimum atomic E-state index is 0.823. The third kappa shape index (κ3) is 7.16. The Bertz CT molecular complexity index is 4240. The first-order valence-electron chi connectivity index (χ1n) is 24.5. The number of benzene rings is 12. The minimum absolute atomic E-state index is 0.823. The minimum Gasteiger partial charge on any atom is -0.456 e. The zero-order valence-corrected chi connectivity index (χ0v) is 39.1. The molecule has 0 saturated carbocycles. The van der Waals surface area contributed by atoms with E-state index in [-0.39, 0.29) is 0 Å². The highest BCUT2D eigenvalue weighted by Crippen LogP contribution is 2.47. The van der Waals surface area contributed by atoms with Gasteiger partial charge in [0.25, 0.3) is 0 Å². The molecule has 0 aliphatic carbocycles. The lowest BCUT2D eigenvalue weighted by Crippen LogP contribution is -2.14. The molecule has 0 amide bonds. The lowest BCUT2D eigenvalue weighted by atomic mass is 9.92. The fourth-order valence-corrected chi connectivity index (χ4v) is 10.8. The summed E-state index contributed by atoms with van der Waals surface area (Å²) in [6.07, 6.45) is 0. The highest BCUT2D eigenvalue weighted by atomic mass is 16.3. The highest BCUT2D eigenvalue weighted by Gasteiger charge is 2.23. The Balaban J connectivity index is 1.05. The fourth-order valence-electron chi connectivity index (χ4n) is 10.8. The van der Waals surface area contributed by atoms with E-state index in [0.717, 1.165) is 100 Å². The first-order chi connectivity index (χ1) is 35.7. The number of furan rings is 2. The zero-order valence-electron chi connectivity index (χ0n) is 39.1. The van der Waals surface area contributed by atoms with Gasteiger partial charge in [-0.3, -0.25) is 0 Å². The van der Waals surface area contributed by atoms with E-state index < -0.39 is 0 Å². The van der Waals surface area contributed by atoms with Crippen LogP contribution in [0.3, 0.4) is 0 Å². The van der Waals surface area contributed by atoms with E-state index in [1.165, 1.54) is 32.7 Å². The topological polar surface area (TPSA) is 32.8 Å². The Morgan fingerprint density at radius 3 is 1.28 bits per heavy atom. The Hall–Kier alpha value is -9.64. The molecule has 4 nitrogen and oxygen atoms in total. The molecule has 2 heterocycles. The van der Waals surface area contributed by atoms with Crippen LogP contribution in [0.2, 0.25) is 0 Å². The molecule has 72 heavy (non-hydrogen) atoms. The Morgan fingerprint density at radius 1 is 0.208 bits per heavy atom. The summed E-state index contributed by atoms with van der Waals surface area (Å²) in [6.45, 7) is 0. The van der Waals surface area contributed by atoms with Gasteiger partial charge in [0.15, 0.2) is 0 Å². The van der Waals surface area contributed by atoms with Crippen LogP contribution in [-0.4, -0.2) is 0 Å². The smallest absolute Gasteiger partial charge is 0.137 e. The van der Waals surface area contributed by atoms with Crippen molar-refractivity contribution in [2.24, 2.45) is 0 Å². The molecule has 0 saturated heterocycles. The van der Waals surface area contributed by atoms with Gasteiger partial charge in [0, 0.05) is 61.7 Å². The summed E-state index contributed by atoms with van der Waals surface area (Å²) in [5.74, 6) is 0. The van der Waals surface area contributed by atoms with Gasteiger partial charge in [0.2, 0.25) is 0 Å². The van der Waals surface area contributed by atoms with Crippen LogP contribution in [0.25, 0.3) is 98.8 Å². The van der Waals surface area contributed by atoms with Gasteiger partial charge in [-0.25, -0.2) is 0 Å². The molecule has 12 aromatic carbocycles. The maximum absolute atomic E-state index is 6.62. The van der Waals surface area contributed by atoms with Crippen LogP contribution >= 0.6 is 0 Å². The molecule has 0 unspecified atom stereocenters. The molecule has 0 bridgehead atoms. The van der Waals surface area contributed by atoms with E-state index in [1.54, 1.807) is 0 Å². The molecule has 338 valence electrons. The number of para-hydroxylation sites is 2. The quantitative estimate of drug-likeness (QED) is 0.135. The van der Waals surface area contributed by atoms with Crippen LogP contribution in [0.15, 0.2) is 276 Å². The van der Waals surface area contributed by atoms with Gasteiger partial charge in [-0.1, -0.05) is 170 Å². The maximum atomic E-state index is 6.62. The Kier molecular flexibility index (Phi) is 9.82. The molecular weight excluding hydrogens is 877 g/mol. The summed E-state index contributed by atoms with van der Waals surface area (Å²) < 4.78 is 13.0. The van der Waals surface area contributed by atoms with Crippen molar-refractivity contribution in [3.8, 4) is 33.4 Å². The van der Waals surface area contributed by atoms with E-state index in [1.807, 2.05) is 24.3 Å². The summed E-state index contributed by atoms with van der Waals surface area (Å²) in [5.41, 5.74) is 16.3. The van der Waals surface area contributed by atoms with Gasteiger partial charge < -0.3 is 18.6 Å². The maximum Gasteiger partial charge on any atom is 0.137 e. The molecule has 0 radical (unpaired) electrons. The first kappa shape index (κ1) is 41.3. The monoisotopic (exact) mass is 920 g/mol. The Morgan fingerprint density at radius 2 is 0.639 bits per heavy atom. The average Bonchev–Trinajstić information content (AvgIpc) is 4.02. The van der Waals surface area contributed by atoms with Crippen molar-refractivity contribution in [1.82, 2.24) is 0 Å². The number of nitrogens with zero attached hydrogens (tertiary/aromatic N) is 2. The second kappa shape index (κ2) is 17.1. The number of hydrogen-bond donors (Lipinski definition) is 0.